The predicted octanol–water partition coefficient (Wildman–Crippen LogP) is 11.3. The largest absolute Gasteiger partial charge is 0.311 e. The Balaban J connectivity index is 1.24. The fraction of sp³-hybridized carbons (Fsp3) is 0.0612. The maximum absolute atomic E-state index is 2.49. The van der Waals surface area contributed by atoms with Crippen molar-refractivity contribution in [2.45, 2.75) is 19.8 Å². The van der Waals surface area contributed by atoms with Crippen LogP contribution < -0.4 is 31.1 Å². The van der Waals surface area contributed by atoms with Crippen molar-refractivity contribution < 1.29 is 0 Å². The Kier molecular flexibility index (Phi) is 7.61. The van der Waals surface area contributed by atoms with Crippen LogP contribution >= 0.6 is 0 Å². The van der Waals surface area contributed by atoms with Gasteiger partial charge in [-0.3, -0.25) is 0 Å². The summed E-state index contributed by atoms with van der Waals surface area (Å²) in [7, 11) is 0. The van der Waals surface area contributed by atoms with Gasteiger partial charge < -0.3 is 14.7 Å². The minimum absolute atomic E-state index is 0.0498. The summed E-state index contributed by atoms with van der Waals surface area (Å²) in [5.74, 6) is 0. The number of benzene rings is 7. The summed E-state index contributed by atoms with van der Waals surface area (Å²) >= 11 is 0. The van der Waals surface area contributed by atoms with Gasteiger partial charge in [0.1, 0.15) is 0 Å². The number of para-hydroxylation sites is 3. The summed E-state index contributed by atoms with van der Waals surface area (Å²) in [5.41, 5.74) is 18.3. The monoisotopic (exact) mass is 679 g/mol. The van der Waals surface area contributed by atoms with Crippen LogP contribution in [0.1, 0.15) is 24.0 Å². The van der Waals surface area contributed by atoms with Gasteiger partial charge in [-0.1, -0.05) is 115 Å². The fourth-order valence-electron chi connectivity index (χ4n) is 8.49. The molecule has 0 saturated heterocycles. The van der Waals surface area contributed by atoms with E-state index in [-0.39, 0.29) is 6.71 Å². The maximum Gasteiger partial charge on any atom is 0.252 e. The van der Waals surface area contributed by atoms with Crippen molar-refractivity contribution in [3.8, 4) is 0 Å². The quantitative estimate of drug-likeness (QED) is 0.162. The van der Waals surface area contributed by atoms with E-state index in [0.717, 1.165) is 41.3 Å². The Hall–Kier alpha value is -6.52. The van der Waals surface area contributed by atoms with Crippen LogP contribution in [0.25, 0.3) is 5.57 Å². The first-order chi connectivity index (χ1) is 26.2. The van der Waals surface area contributed by atoms with Gasteiger partial charge in [-0.25, -0.2) is 0 Å². The maximum atomic E-state index is 2.49. The molecule has 10 rings (SSSR count). The van der Waals surface area contributed by atoms with Crippen LogP contribution in [0.15, 0.2) is 188 Å². The van der Waals surface area contributed by atoms with Crippen LogP contribution in [0.3, 0.4) is 0 Å². The van der Waals surface area contributed by atoms with Gasteiger partial charge in [0.2, 0.25) is 0 Å². The summed E-state index contributed by atoms with van der Waals surface area (Å²) in [6.45, 7) is 2.21. The molecule has 0 saturated carbocycles. The molecule has 0 fully saturated rings. The summed E-state index contributed by atoms with van der Waals surface area (Å²) in [5, 5.41) is 0. The van der Waals surface area contributed by atoms with E-state index in [1.807, 2.05) is 0 Å². The van der Waals surface area contributed by atoms with Gasteiger partial charge in [0.15, 0.2) is 0 Å². The molecular weight excluding hydrogens is 641 g/mol. The molecule has 3 aliphatic rings. The fourth-order valence-corrected chi connectivity index (χ4v) is 8.49. The smallest absolute Gasteiger partial charge is 0.252 e. The van der Waals surface area contributed by atoms with Crippen molar-refractivity contribution in [1.82, 2.24) is 0 Å². The van der Waals surface area contributed by atoms with Crippen molar-refractivity contribution in [2.24, 2.45) is 0 Å². The molecule has 2 aliphatic heterocycles. The van der Waals surface area contributed by atoms with E-state index in [1.54, 1.807) is 0 Å². The van der Waals surface area contributed by atoms with Gasteiger partial charge in [-0.05, 0) is 126 Å². The molecule has 0 unspecified atom stereocenters. The second kappa shape index (κ2) is 12.9. The van der Waals surface area contributed by atoms with Crippen molar-refractivity contribution in [3.05, 3.63) is 199 Å². The lowest BCUT2D eigenvalue weighted by molar-refractivity contribution is 1.04. The van der Waals surface area contributed by atoms with Gasteiger partial charge in [0, 0.05) is 51.2 Å². The normalized spacial score (nSPS) is 13.9. The van der Waals surface area contributed by atoms with Gasteiger partial charge in [0.25, 0.3) is 6.71 Å². The van der Waals surface area contributed by atoms with E-state index < -0.39 is 0 Å². The zero-order chi connectivity index (χ0) is 35.3. The zero-order valence-electron chi connectivity index (χ0n) is 29.7. The highest BCUT2D eigenvalue weighted by Crippen LogP contribution is 2.46. The van der Waals surface area contributed by atoms with Gasteiger partial charge in [-0.2, -0.15) is 0 Å². The number of hydrogen-bond donors (Lipinski definition) is 0. The highest BCUT2D eigenvalue weighted by atomic mass is 15.2. The molecule has 3 nitrogen and oxygen atoms in total. The second-order valence-electron chi connectivity index (χ2n) is 14.1. The van der Waals surface area contributed by atoms with Crippen molar-refractivity contribution >= 4 is 79.9 Å². The third kappa shape index (κ3) is 5.29. The lowest BCUT2D eigenvalue weighted by atomic mass is 9.33. The number of anilines is 9. The van der Waals surface area contributed by atoms with Gasteiger partial charge >= 0.3 is 0 Å². The minimum atomic E-state index is 0.0498. The van der Waals surface area contributed by atoms with E-state index in [4.69, 9.17) is 0 Å². The first-order valence-corrected chi connectivity index (χ1v) is 18.6. The average Bonchev–Trinajstić information content (AvgIpc) is 3.22. The molecule has 7 aromatic rings. The molecule has 0 spiro atoms. The Morgan fingerprint density at radius 1 is 0.491 bits per heavy atom. The van der Waals surface area contributed by atoms with Crippen LogP contribution in [0.5, 0.6) is 0 Å². The van der Waals surface area contributed by atoms with E-state index in [0.29, 0.717) is 0 Å². The number of rotatable bonds is 6. The molecule has 0 atom stereocenters. The lowest BCUT2D eigenvalue weighted by Gasteiger charge is -2.44. The number of hydrogen-bond acceptors (Lipinski definition) is 3. The molecule has 7 aromatic carbocycles. The molecule has 0 bridgehead atoms. The summed E-state index contributed by atoms with van der Waals surface area (Å²) in [4.78, 5) is 7.34. The summed E-state index contributed by atoms with van der Waals surface area (Å²) < 4.78 is 0. The Morgan fingerprint density at radius 2 is 1.08 bits per heavy atom. The standard InChI is InChI=1S/C49H38BN3/c1-35-25-28-41(29-26-35)53-46-24-14-23-45-49(46)50(43-31-27-37(36-15-6-2-7-16-36)33-47(43)52(45)40-21-12-5-13-22-40)44-32-30-42(34-48(44)53)51(38-17-8-3-9-18-38)39-19-10-4-11-20-39/h3-6,8-34H,2,7H2,1H3. The first-order valence-electron chi connectivity index (χ1n) is 18.6. The molecule has 0 radical (unpaired) electrons. The second-order valence-corrected chi connectivity index (χ2v) is 14.1. The average molecular weight is 680 g/mol. The Morgan fingerprint density at radius 3 is 1.70 bits per heavy atom. The van der Waals surface area contributed by atoms with Crippen LogP contribution in [0, 0.1) is 6.92 Å². The molecule has 0 N–H and O–H groups in total. The number of fused-ring (bicyclic) bond motifs is 4. The lowest BCUT2D eigenvalue weighted by Crippen LogP contribution is -2.61. The van der Waals surface area contributed by atoms with E-state index in [2.05, 4.69) is 210 Å². The summed E-state index contributed by atoms with van der Waals surface area (Å²) in [6, 6.07) is 62.4. The highest BCUT2D eigenvalue weighted by molar-refractivity contribution is 7.00. The van der Waals surface area contributed by atoms with E-state index in [9.17, 15) is 0 Å². The van der Waals surface area contributed by atoms with Crippen LogP contribution in [0.4, 0.5) is 51.2 Å². The minimum Gasteiger partial charge on any atom is -0.311 e. The van der Waals surface area contributed by atoms with Crippen LogP contribution in [0.2, 0.25) is 0 Å². The predicted molar refractivity (Wildman–Crippen MR) is 226 cm³/mol. The van der Waals surface area contributed by atoms with Crippen molar-refractivity contribution in [1.29, 1.82) is 0 Å². The van der Waals surface area contributed by atoms with E-state index >= 15 is 0 Å². The molecular formula is C49H38BN3. The SMILES string of the molecule is Cc1ccc(N2c3cc(N(c4ccccc4)c4ccccc4)ccc3B3c4ccc(C5=CCCC=C5)cc4N(c4ccccc4)c4cccc2c43)cc1. The summed E-state index contributed by atoms with van der Waals surface area (Å²) in [6.07, 6.45) is 9.15. The molecule has 4 heteroatoms. The Bertz CT molecular complexity index is 2490. The van der Waals surface area contributed by atoms with Crippen LogP contribution in [-0.4, -0.2) is 6.71 Å². The van der Waals surface area contributed by atoms with Gasteiger partial charge in [-0.15, -0.1) is 0 Å². The first kappa shape index (κ1) is 31.2. The third-order valence-electron chi connectivity index (χ3n) is 10.9. The van der Waals surface area contributed by atoms with Crippen LogP contribution in [-0.2, 0) is 0 Å². The molecule has 2 heterocycles. The van der Waals surface area contributed by atoms with Gasteiger partial charge in [0.05, 0.1) is 0 Å². The molecule has 0 aromatic heterocycles. The molecule has 0 amide bonds. The van der Waals surface area contributed by atoms with Crippen molar-refractivity contribution in [2.75, 3.05) is 14.7 Å². The third-order valence-corrected chi connectivity index (χ3v) is 10.9. The highest BCUT2D eigenvalue weighted by Gasteiger charge is 2.43. The molecule has 252 valence electrons. The number of aryl methyl sites for hydroxylation is 1. The zero-order valence-corrected chi connectivity index (χ0v) is 29.7. The number of nitrogens with zero attached hydrogens (tertiary/aromatic N) is 3. The Labute approximate surface area is 312 Å². The number of allylic oxidation sites excluding steroid dienone is 4. The van der Waals surface area contributed by atoms with E-state index in [1.165, 1.54) is 55.8 Å². The van der Waals surface area contributed by atoms with Crippen molar-refractivity contribution in [3.63, 3.8) is 0 Å². The molecule has 1 aliphatic carbocycles. The topological polar surface area (TPSA) is 9.72 Å². The molecule has 53 heavy (non-hydrogen) atoms.